The minimum absolute atomic E-state index is 0.0238. The van der Waals surface area contributed by atoms with Gasteiger partial charge in [-0.1, -0.05) is 109 Å². The van der Waals surface area contributed by atoms with Gasteiger partial charge in [0.25, 0.3) is 5.56 Å². The highest BCUT2D eigenvalue weighted by molar-refractivity contribution is 6.22. The van der Waals surface area contributed by atoms with Crippen LogP contribution in [0.15, 0.2) is 156 Å². The lowest BCUT2D eigenvalue weighted by Gasteiger charge is -2.11. The van der Waals surface area contributed by atoms with Crippen LogP contribution in [-0.2, 0) is 0 Å². The second-order valence-electron chi connectivity index (χ2n) is 11.6. The van der Waals surface area contributed by atoms with Crippen molar-refractivity contribution in [2.24, 2.45) is 0 Å². The molecule has 0 aliphatic rings. The SMILES string of the molecule is C/C=C\C(=C/C)c1cccc(-c2cc3c4ccccc4c(=O)n4c5ccc(-c6cccc(-c7ccccc7)c6)cc5c(c2)c34)c1. The van der Waals surface area contributed by atoms with Crippen LogP contribution < -0.4 is 5.56 Å². The molecule has 0 fully saturated rings. The first kappa shape index (κ1) is 26.9. The Labute approximate surface area is 262 Å². The quantitative estimate of drug-likeness (QED) is 0.147. The summed E-state index contributed by atoms with van der Waals surface area (Å²) in [5.74, 6) is 0. The van der Waals surface area contributed by atoms with Crippen molar-refractivity contribution in [3.05, 3.63) is 168 Å². The number of hydrogen-bond donors (Lipinski definition) is 0. The molecule has 2 nitrogen and oxygen atoms in total. The third kappa shape index (κ3) is 4.38. The van der Waals surface area contributed by atoms with E-state index >= 15 is 0 Å². The molecule has 0 N–H and O–H groups in total. The predicted octanol–water partition coefficient (Wildman–Crippen LogP) is 11.2. The Hall–Kier alpha value is -5.73. The summed E-state index contributed by atoms with van der Waals surface area (Å²) in [5, 5.41) is 4.98. The van der Waals surface area contributed by atoms with E-state index in [9.17, 15) is 4.79 Å². The summed E-state index contributed by atoms with van der Waals surface area (Å²) in [7, 11) is 0. The van der Waals surface area contributed by atoms with Crippen LogP contribution >= 0.6 is 0 Å². The molecule has 45 heavy (non-hydrogen) atoms. The number of pyridine rings is 1. The highest BCUT2D eigenvalue weighted by Crippen LogP contribution is 2.40. The van der Waals surface area contributed by atoms with Gasteiger partial charge in [0.05, 0.1) is 11.0 Å². The van der Waals surface area contributed by atoms with Crippen molar-refractivity contribution in [1.29, 1.82) is 0 Å². The van der Waals surface area contributed by atoms with E-state index in [-0.39, 0.29) is 5.56 Å². The molecule has 0 bridgehead atoms. The van der Waals surface area contributed by atoms with Crippen molar-refractivity contribution in [3.63, 3.8) is 0 Å². The molecule has 0 amide bonds. The van der Waals surface area contributed by atoms with E-state index in [1.165, 1.54) is 22.3 Å². The number of aromatic nitrogens is 1. The van der Waals surface area contributed by atoms with Crippen molar-refractivity contribution >= 4 is 43.5 Å². The van der Waals surface area contributed by atoms with Gasteiger partial charge in [0.2, 0.25) is 0 Å². The van der Waals surface area contributed by atoms with Crippen LogP contribution in [-0.4, -0.2) is 4.40 Å². The van der Waals surface area contributed by atoms with E-state index in [0.29, 0.717) is 0 Å². The van der Waals surface area contributed by atoms with E-state index in [4.69, 9.17) is 0 Å². The fourth-order valence-corrected chi connectivity index (χ4v) is 6.86. The lowest BCUT2D eigenvalue weighted by molar-refractivity contribution is 1.21. The van der Waals surface area contributed by atoms with Crippen LogP contribution in [0.3, 0.4) is 0 Å². The Morgan fingerprint density at radius 3 is 1.87 bits per heavy atom. The standard InChI is InChI=1S/C43H31NO/c1-3-12-28(4-2)30-15-10-18-33(23-30)35-26-39-36-19-8-9-20-37(36)43(45)44-41-22-21-34(25-38(41)40(27-35)42(39)44)32-17-11-16-31(24-32)29-13-6-5-7-14-29/h3-27H,1-2H3/b12-3-,28-4+. The van der Waals surface area contributed by atoms with Crippen LogP contribution in [0.1, 0.15) is 19.4 Å². The van der Waals surface area contributed by atoms with E-state index in [0.717, 1.165) is 60.2 Å². The minimum Gasteiger partial charge on any atom is -0.275 e. The molecule has 0 aliphatic heterocycles. The third-order valence-corrected chi connectivity index (χ3v) is 9.00. The summed E-state index contributed by atoms with van der Waals surface area (Å²) in [4.78, 5) is 14.0. The van der Waals surface area contributed by atoms with E-state index in [2.05, 4.69) is 134 Å². The van der Waals surface area contributed by atoms with Crippen LogP contribution in [0.25, 0.3) is 76.9 Å². The van der Waals surface area contributed by atoms with Crippen molar-refractivity contribution in [3.8, 4) is 33.4 Å². The second-order valence-corrected chi connectivity index (χ2v) is 11.6. The molecule has 0 radical (unpaired) electrons. The molecule has 8 rings (SSSR count). The molecule has 0 aliphatic carbocycles. The summed E-state index contributed by atoms with van der Waals surface area (Å²) in [6.45, 7) is 4.13. The Bertz CT molecular complexity index is 2510. The van der Waals surface area contributed by atoms with Gasteiger partial charge in [-0.15, -0.1) is 0 Å². The van der Waals surface area contributed by atoms with Crippen molar-refractivity contribution in [2.75, 3.05) is 0 Å². The molecule has 6 aromatic carbocycles. The molecule has 8 aromatic rings. The number of allylic oxidation sites excluding steroid dienone is 4. The monoisotopic (exact) mass is 577 g/mol. The minimum atomic E-state index is 0.0238. The maximum Gasteiger partial charge on any atom is 0.263 e. The zero-order valence-electron chi connectivity index (χ0n) is 25.3. The number of hydrogen-bond acceptors (Lipinski definition) is 1. The molecule has 214 valence electrons. The number of fused-ring (bicyclic) bond motifs is 5. The highest BCUT2D eigenvalue weighted by atomic mass is 16.1. The van der Waals surface area contributed by atoms with Gasteiger partial charge in [-0.05, 0) is 106 Å². The lowest BCUT2D eigenvalue weighted by atomic mass is 9.94. The van der Waals surface area contributed by atoms with Crippen LogP contribution in [0.5, 0.6) is 0 Å². The first-order chi connectivity index (χ1) is 22.1. The maximum absolute atomic E-state index is 14.0. The summed E-state index contributed by atoms with van der Waals surface area (Å²) >= 11 is 0. The fraction of sp³-hybridized carbons (Fsp3) is 0.0465. The summed E-state index contributed by atoms with van der Waals surface area (Å²) in [5.41, 5.74) is 11.2. The molecule has 0 unspecified atom stereocenters. The second kappa shape index (κ2) is 10.8. The molecular weight excluding hydrogens is 546 g/mol. The number of rotatable bonds is 5. The van der Waals surface area contributed by atoms with Gasteiger partial charge in [-0.2, -0.15) is 0 Å². The Kier molecular flexibility index (Phi) is 6.43. The Morgan fingerprint density at radius 2 is 1.11 bits per heavy atom. The average molecular weight is 578 g/mol. The van der Waals surface area contributed by atoms with Crippen LogP contribution in [0.2, 0.25) is 0 Å². The van der Waals surface area contributed by atoms with E-state index < -0.39 is 0 Å². The summed E-state index contributed by atoms with van der Waals surface area (Å²) < 4.78 is 1.93. The smallest absolute Gasteiger partial charge is 0.263 e. The molecule has 0 spiro atoms. The van der Waals surface area contributed by atoms with E-state index in [1.807, 2.05) is 35.6 Å². The lowest BCUT2D eigenvalue weighted by Crippen LogP contribution is -2.12. The average Bonchev–Trinajstić information content (AvgIpc) is 3.44. The largest absolute Gasteiger partial charge is 0.275 e. The van der Waals surface area contributed by atoms with Crippen molar-refractivity contribution < 1.29 is 0 Å². The first-order valence-electron chi connectivity index (χ1n) is 15.5. The zero-order chi connectivity index (χ0) is 30.5. The molecule has 0 saturated heterocycles. The van der Waals surface area contributed by atoms with Gasteiger partial charge >= 0.3 is 0 Å². The van der Waals surface area contributed by atoms with Crippen molar-refractivity contribution in [2.45, 2.75) is 13.8 Å². The van der Waals surface area contributed by atoms with Crippen LogP contribution in [0.4, 0.5) is 0 Å². The molecule has 0 saturated carbocycles. The summed E-state index contributed by atoms with van der Waals surface area (Å²) in [6.07, 6.45) is 6.37. The van der Waals surface area contributed by atoms with Gasteiger partial charge in [-0.3, -0.25) is 9.20 Å². The fourth-order valence-electron chi connectivity index (χ4n) is 6.86. The van der Waals surface area contributed by atoms with Crippen LogP contribution in [0, 0.1) is 0 Å². The van der Waals surface area contributed by atoms with Gasteiger partial charge in [0, 0.05) is 21.5 Å². The Balaban J connectivity index is 1.42. The third-order valence-electron chi connectivity index (χ3n) is 9.00. The predicted molar refractivity (Wildman–Crippen MR) is 192 cm³/mol. The molecule has 2 aromatic heterocycles. The summed E-state index contributed by atoms with van der Waals surface area (Å²) in [6, 6.07) is 47.0. The Morgan fingerprint density at radius 1 is 0.511 bits per heavy atom. The number of benzene rings is 6. The molecule has 2 heteroatoms. The molecule has 0 atom stereocenters. The van der Waals surface area contributed by atoms with Gasteiger partial charge in [0.1, 0.15) is 0 Å². The highest BCUT2D eigenvalue weighted by Gasteiger charge is 2.19. The van der Waals surface area contributed by atoms with Gasteiger partial charge in [0.15, 0.2) is 0 Å². The van der Waals surface area contributed by atoms with E-state index in [1.54, 1.807) is 0 Å². The maximum atomic E-state index is 14.0. The topological polar surface area (TPSA) is 21.5 Å². The first-order valence-corrected chi connectivity index (χ1v) is 15.5. The number of nitrogens with zero attached hydrogens (tertiary/aromatic N) is 1. The van der Waals surface area contributed by atoms with Crippen molar-refractivity contribution in [1.82, 2.24) is 4.40 Å². The normalized spacial score (nSPS) is 12.4. The zero-order valence-corrected chi connectivity index (χ0v) is 25.3. The molecular formula is C43H31NO. The molecule has 2 heterocycles. The van der Waals surface area contributed by atoms with Gasteiger partial charge < -0.3 is 0 Å². The van der Waals surface area contributed by atoms with Gasteiger partial charge in [-0.25, -0.2) is 0 Å².